The maximum Gasteiger partial charge on any atom is 0.296 e. The average Bonchev–Trinajstić information content (AvgIpc) is 3.36. The molecule has 1 fully saturated rings. The van der Waals surface area contributed by atoms with Gasteiger partial charge in [0.05, 0.1) is 37.1 Å². The Bertz CT molecular complexity index is 1190. The van der Waals surface area contributed by atoms with Gasteiger partial charge in [0.15, 0.2) is 0 Å². The summed E-state index contributed by atoms with van der Waals surface area (Å²) in [6.45, 7) is -0.0833. The van der Waals surface area contributed by atoms with Gasteiger partial charge in [-0.2, -0.15) is 0 Å². The molecule has 0 aliphatic carbocycles. The number of nitrogens with zero attached hydrogens (tertiary/aromatic N) is 1. The van der Waals surface area contributed by atoms with Gasteiger partial charge in [0.25, 0.3) is 11.7 Å². The fourth-order valence-electron chi connectivity index (χ4n) is 3.64. The minimum atomic E-state index is -1.17. The maximum atomic E-state index is 14.8. The molecule has 2 aromatic carbocycles. The highest BCUT2D eigenvalue weighted by Crippen LogP contribution is 2.42. The zero-order valence-electron chi connectivity index (χ0n) is 16.3. The number of carbonyl (C=O) groups is 2. The third kappa shape index (κ3) is 3.68. The number of halogens is 2. The molecule has 1 saturated heterocycles. The number of amides is 1. The van der Waals surface area contributed by atoms with Crippen LogP contribution >= 0.6 is 11.6 Å². The van der Waals surface area contributed by atoms with E-state index in [2.05, 4.69) is 0 Å². The Hall–Kier alpha value is -3.58. The van der Waals surface area contributed by atoms with E-state index in [0.29, 0.717) is 5.76 Å². The van der Waals surface area contributed by atoms with Crippen molar-refractivity contribution in [2.75, 3.05) is 7.11 Å². The third-order valence-electron chi connectivity index (χ3n) is 5.06. The van der Waals surface area contributed by atoms with Crippen LogP contribution < -0.4 is 4.74 Å². The van der Waals surface area contributed by atoms with Crippen LogP contribution in [0, 0.1) is 5.82 Å². The summed E-state index contributed by atoms with van der Waals surface area (Å²) in [5.74, 6) is -2.31. The lowest BCUT2D eigenvalue weighted by Crippen LogP contribution is -2.29. The summed E-state index contributed by atoms with van der Waals surface area (Å²) in [7, 11) is 1.39. The molecule has 4 rings (SSSR count). The van der Waals surface area contributed by atoms with Gasteiger partial charge in [0.2, 0.25) is 0 Å². The van der Waals surface area contributed by atoms with Crippen LogP contribution in [0.4, 0.5) is 4.39 Å². The number of Topliss-reactive ketones (excluding diaryl/α,β-unsaturated/α-hetero) is 1. The SMILES string of the molecule is COc1ccc(Cl)cc1/C(O)=C1\C(=O)C(=O)N(Cc2ccco2)C1c1ccccc1F. The van der Waals surface area contributed by atoms with Crippen molar-refractivity contribution in [3.8, 4) is 5.75 Å². The monoisotopic (exact) mass is 441 g/mol. The summed E-state index contributed by atoms with van der Waals surface area (Å²) in [4.78, 5) is 27.1. The van der Waals surface area contributed by atoms with E-state index in [0.717, 1.165) is 0 Å². The summed E-state index contributed by atoms with van der Waals surface area (Å²) >= 11 is 6.07. The van der Waals surface area contributed by atoms with Gasteiger partial charge in [0, 0.05) is 10.6 Å². The van der Waals surface area contributed by atoms with Crippen molar-refractivity contribution in [1.29, 1.82) is 0 Å². The van der Waals surface area contributed by atoms with Crippen LogP contribution in [0.3, 0.4) is 0 Å². The second-order valence-corrected chi connectivity index (χ2v) is 7.31. The molecule has 1 aromatic heterocycles. The molecule has 1 aliphatic heterocycles. The fourth-order valence-corrected chi connectivity index (χ4v) is 3.82. The number of hydrogen-bond acceptors (Lipinski definition) is 5. The van der Waals surface area contributed by atoms with Crippen molar-refractivity contribution in [1.82, 2.24) is 4.90 Å². The minimum absolute atomic E-state index is 0.0656. The number of aliphatic hydroxyl groups is 1. The van der Waals surface area contributed by atoms with Crippen LogP contribution in [0.25, 0.3) is 5.76 Å². The van der Waals surface area contributed by atoms with E-state index >= 15 is 0 Å². The van der Waals surface area contributed by atoms with Gasteiger partial charge < -0.3 is 19.2 Å². The zero-order chi connectivity index (χ0) is 22.1. The van der Waals surface area contributed by atoms with E-state index in [9.17, 15) is 19.1 Å². The molecular weight excluding hydrogens is 425 g/mol. The molecule has 0 saturated carbocycles. The molecule has 0 bridgehead atoms. The van der Waals surface area contributed by atoms with Crippen molar-refractivity contribution >= 4 is 29.1 Å². The lowest BCUT2D eigenvalue weighted by atomic mass is 9.94. The van der Waals surface area contributed by atoms with Crippen LogP contribution in [0.5, 0.6) is 5.75 Å². The van der Waals surface area contributed by atoms with Gasteiger partial charge in [0.1, 0.15) is 23.1 Å². The number of carbonyl (C=O) groups excluding carboxylic acids is 2. The number of ether oxygens (including phenoxy) is 1. The zero-order valence-corrected chi connectivity index (χ0v) is 17.1. The molecule has 0 radical (unpaired) electrons. The van der Waals surface area contributed by atoms with E-state index < -0.39 is 29.3 Å². The highest BCUT2D eigenvalue weighted by molar-refractivity contribution is 6.46. The van der Waals surface area contributed by atoms with Crippen molar-refractivity contribution in [2.24, 2.45) is 0 Å². The normalized spacial score (nSPS) is 17.9. The molecule has 8 heteroatoms. The predicted molar refractivity (Wildman–Crippen MR) is 111 cm³/mol. The van der Waals surface area contributed by atoms with Gasteiger partial charge in [-0.25, -0.2) is 4.39 Å². The Morgan fingerprint density at radius 2 is 1.97 bits per heavy atom. The Morgan fingerprint density at radius 3 is 2.65 bits per heavy atom. The van der Waals surface area contributed by atoms with Gasteiger partial charge in [-0.05, 0) is 36.4 Å². The molecular formula is C23H17ClFNO5. The first kappa shape index (κ1) is 20.7. The molecule has 3 aromatic rings. The lowest BCUT2D eigenvalue weighted by Gasteiger charge is -2.25. The first-order valence-corrected chi connectivity index (χ1v) is 9.69. The number of ketones is 1. The number of aliphatic hydroxyl groups excluding tert-OH is 1. The summed E-state index contributed by atoms with van der Waals surface area (Å²) in [5.41, 5.74) is -0.0784. The summed E-state index contributed by atoms with van der Waals surface area (Å²) in [6.07, 6.45) is 1.43. The van der Waals surface area contributed by atoms with Crippen molar-refractivity contribution in [3.05, 3.63) is 94.2 Å². The smallest absolute Gasteiger partial charge is 0.296 e. The van der Waals surface area contributed by atoms with Crippen molar-refractivity contribution < 1.29 is 28.2 Å². The second kappa shape index (κ2) is 8.28. The highest BCUT2D eigenvalue weighted by atomic mass is 35.5. The summed E-state index contributed by atoms with van der Waals surface area (Å²) < 4.78 is 25.4. The van der Waals surface area contributed by atoms with Crippen LogP contribution in [-0.2, 0) is 16.1 Å². The number of likely N-dealkylation sites (tertiary alicyclic amines) is 1. The topological polar surface area (TPSA) is 80.0 Å². The van der Waals surface area contributed by atoms with Gasteiger partial charge in [-0.1, -0.05) is 29.8 Å². The van der Waals surface area contributed by atoms with E-state index in [4.69, 9.17) is 20.8 Å². The maximum absolute atomic E-state index is 14.8. The van der Waals surface area contributed by atoms with Crippen LogP contribution in [0.1, 0.15) is 22.9 Å². The van der Waals surface area contributed by atoms with E-state index in [1.165, 1.54) is 48.6 Å². The summed E-state index contributed by atoms with van der Waals surface area (Å²) in [5, 5.41) is 11.4. The molecule has 1 N–H and O–H groups in total. The Balaban J connectivity index is 1.94. The molecule has 1 unspecified atom stereocenters. The quantitative estimate of drug-likeness (QED) is 0.352. The largest absolute Gasteiger partial charge is 0.507 e. The number of hydrogen-bond donors (Lipinski definition) is 1. The van der Waals surface area contributed by atoms with Crippen LogP contribution in [0.15, 0.2) is 70.9 Å². The number of rotatable bonds is 5. The predicted octanol–water partition coefficient (Wildman–Crippen LogP) is 4.70. The molecule has 1 atom stereocenters. The van der Waals surface area contributed by atoms with E-state index in [-0.39, 0.29) is 34.0 Å². The fraction of sp³-hybridized carbons (Fsp3) is 0.130. The molecule has 31 heavy (non-hydrogen) atoms. The molecule has 1 amide bonds. The number of furan rings is 1. The van der Waals surface area contributed by atoms with Gasteiger partial charge in [-0.15, -0.1) is 0 Å². The Labute approximate surface area is 182 Å². The minimum Gasteiger partial charge on any atom is -0.507 e. The van der Waals surface area contributed by atoms with Crippen molar-refractivity contribution in [3.63, 3.8) is 0 Å². The molecule has 1 aliphatic rings. The van der Waals surface area contributed by atoms with E-state index in [1.54, 1.807) is 24.3 Å². The number of methoxy groups -OCH3 is 1. The van der Waals surface area contributed by atoms with Gasteiger partial charge in [-0.3, -0.25) is 9.59 Å². The molecule has 158 valence electrons. The third-order valence-corrected chi connectivity index (χ3v) is 5.30. The first-order valence-electron chi connectivity index (χ1n) is 9.31. The van der Waals surface area contributed by atoms with E-state index in [1.807, 2.05) is 0 Å². The first-order chi connectivity index (χ1) is 14.9. The molecule has 2 heterocycles. The Kier molecular flexibility index (Phi) is 5.52. The average molecular weight is 442 g/mol. The summed E-state index contributed by atoms with van der Waals surface area (Å²) in [6, 6.07) is 12.4. The number of benzene rings is 2. The molecule has 0 spiro atoms. The Morgan fingerprint density at radius 1 is 1.19 bits per heavy atom. The van der Waals surface area contributed by atoms with Crippen molar-refractivity contribution in [2.45, 2.75) is 12.6 Å². The second-order valence-electron chi connectivity index (χ2n) is 6.87. The standard InChI is InChI=1S/C23H17ClFNO5/c1-30-18-9-8-13(24)11-16(18)21(27)19-20(15-6-2-3-7-17(15)25)26(23(29)22(19)28)12-14-5-4-10-31-14/h2-11,20,27H,12H2,1H3/b21-19+. The van der Waals surface area contributed by atoms with Crippen LogP contribution in [0.2, 0.25) is 5.02 Å². The van der Waals surface area contributed by atoms with Gasteiger partial charge >= 0.3 is 0 Å². The van der Waals surface area contributed by atoms with Crippen LogP contribution in [-0.4, -0.2) is 28.8 Å². The lowest BCUT2D eigenvalue weighted by molar-refractivity contribution is -0.140. The highest BCUT2D eigenvalue weighted by Gasteiger charge is 2.47. The molecule has 6 nitrogen and oxygen atoms in total.